The van der Waals surface area contributed by atoms with Crippen LogP contribution in [0.25, 0.3) is 0 Å². The number of phenolic OH excluding ortho intramolecular Hbond substituents is 4. The van der Waals surface area contributed by atoms with Crippen molar-refractivity contribution < 1.29 is 20.4 Å². The second-order valence-corrected chi connectivity index (χ2v) is 18.7. The van der Waals surface area contributed by atoms with E-state index in [4.69, 9.17) is 0 Å². The fourth-order valence-corrected chi connectivity index (χ4v) is 12.8. The molecule has 4 aromatic rings. The Morgan fingerprint density at radius 1 is 0.476 bits per heavy atom. The highest BCUT2D eigenvalue weighted by atomic mass is 127. The maximum Gasteiger partial charge on any atom is 0.142 e. The fraction of sp³-hybridized carbons (Fsp3) is 0.200. The highest BCUT2D eigenvalue weighted by Crippen LogP contribution is 2.58. The van der Waals surface area contributed by atoms with Crippen molar-refractivity contribution in [3.05, 3.63) is 95.8 Å². The third-order valence-electron chi connectivity index (χ3n) is 8.29. The van der Waals surface area contributed by atoms with E-state index in [2.05, 4.69) is 201 Å². The number of benzene rings is 4. The molecule has 1 saturated carbocycles. The van der Waals surface area contributed by atoms with Crippen LogP contribution in [0.15, 0.2) is 53.4 Å². The molecule has 1 aliphatic rings. The molecule has 0 heterocycles. The van der Waals surface area contributed by atoms with Gasteiger partial charge in [0, 0.05) is 15.7 Å². The minimum absolute atomic E-state index is 0.172. The van der Waals surface area contributed by atoms with E-state index in [0.29, 0.717) is 4.90 Å². The molecule has 0 aromatic heterocycles. The number of phenols is 4. The minimum atomic E-state index is -0.467. The molecule has 4 N–H and O–H groups in total. The highest BCUT2D eigenvalue weighted by molar-refractivity contribution is 14.1. The molecule has 12 heteroatoms. The first-order chi connectivity index (χ1) is 19.7. The number of aromatic hydroxyl groups is 4. The molecular weight excluding hydrogens is 1340 g/mol. The van der Waals surface area contributed by atoms with Crippen LogP contribution in [-0.2, 0) is 10.8 Å². The number of hydrogen-bond acceptors (Lipinski definition) is 5. The molecule has 42 heavy (non-hydrogen) atoms. The lowest BCUT2D eigenvalue weighted by molar-refractivity contribution is 0.253. The third kappa shape index (κ3) is 6.13. The largest absolute Gasteiger partial charge is 0.506 e. The highest BCUT2D eigenvalue weighted by Gasteiger charge is 2.49. The number of rotatable bonds is 4. The van der Waals surface area contributed by atoms with Gasteiger partial charge in [-0.15, -0.1) is 12.6 Å². The Balaban J connectivity index is 1.76. The molecule has 0 spiro atoms. The van der Waals surface area contributed by atoms with Crippen LogP contribution in [0, 0.1) is 25.0 Å². The lowest BCUT2D eigenvalue weighted by Gasteiger charge is -2.49. The molecule has 1 aliphatic carbocycles. The Morgan fingerprint density at radius 3 is 1.29 bits per heavy atom. The molecule has 0 atom stereocenters. The van der Waals surface area contributed by atoms with E-state index in [0.717, 1.165) is 72.9 Å². The second-order valence-electron chi connectivity index (χ2n) is 10.3. The van der Waals surface area contributed by atoms with E-state index in [9.17, 15) is 20.4 Å². The number of halogens is 7. The first-order valence-corrected chi connectivity index (χ1v) is 20.5. The summed E-state index contributed by atoms with van der Waals surface area (Å²) >= 11 is 20.0. The van der Waals surface area contributed by atoms with Crippen molar-refractivity contribution in [1.82, 2.24) is 0 Å². The van der Waals surface area contributed by atoms with E-state index in [-0.39, 0.29) is 23.0 Å². The quantitative estimate of drug-likeness (QED) is 0.104. The van der Waals surface area contributed by atoms with Crippen molar-refractivity contribution in [1.29, 1.82) is 0 Å². The molecule has 0 aliphatic heterocycles. The first kappa shape index (κ1) is 34.9. The van der Waals surface area contributed by atoms with E-state index in [1.807, 2.05) is 18.2 Å². The Labute approximate surface area is 345 Å². The summed E-state index contributed by atoms with van der Waals surface area (Å²) in [5.41, 5.74) is 3.40. The van der Waals surface area contributed by atoms with Gasteiger partial charge in [0.1, 0.15) is 23.0 Å². The molecule has 0 unspecified atom stereocenters. The molecule has 0 saturated heterocycles. The lowest BCUT2D eigenvalue weighted by atomic mass is 9.55. The van der Waals surface area contributed by atoms with Gasteiger partial charge in [-0.05, 0) is 242 Å². The topological polar surface area (TPSA) is 80.9 Å². The monoisotopic (exact) mass is 1370 g/mol. The fourth-order valence-electron chi connectivity index (χ4n) is 6.06. The predicted molar refractivity (Wildman–Crippen MR) is 229 cm³/mol. The molecule has 220 valence electrons. The summed E-state index contributed by atoms with van der Waals surface area (Å²) in [6.45, 7) is 0. The average molecular weight is 1370 g/mol. The van der Waals surface area contributed by atoms with Crippen molar-refractivity contribution >= 4 is 171 Å². The summed E-state index contributed by atoms with van der Waals surface area (Å²) < 4.78 is 5.57. The van der Waals surface area contributed by atoms with Crippen LogP contribution in [0.4, 0.5) is 0 Å². The first-order valence-electron chi connectivity index (χ1n) is 12.5. The van der Waals surface area contributed by atoms with E-state index < -0.39 is 10.8 Å². The maximum absolute atomic E-state index is 11.1. The zero-order valence-electron chi connectivity index (χ0n) is 21.3. The van der Waals surface area contributed by atoms with Gasteiger partial charge in [-0.2, -0.15) is 0 Å². The number of hydrogen-bond donors (Lipinski definition) is 5. The van der Waals surface area contributed by atoms with Gasteiger partial charge in [0.2, 0.25) is 0 Å². The van der Waals surface area contributed by atoms with Crippen LogP contribution >= 0.6 is 171 Å². The molecule has 0 amide bonds. The van der Waals surface area contributed by atoms with Crippen LogP contribution in [0.1, 0.15) is 47.9 Å². The standard InChI is InChI=1S/C30H21I7O4S/c31-17-3-1-15(23(36)27(17)40)30(16-2-4-18(32)28(41)24(16)37)7-5-29(6-8-30,13-9-19(33)25(38)20(34)10-13)14-11-21(35)26(39)22(42)12-14/h1-4,9-12,38-42H,5-8H2. The average Bonchev–Trinajstić information content (AvgIpc) is 2.96. The molecule has 1 fully saturated rings. The zero-order valence-corrected chi connectivity index (χ0v) is 37.3. The van der Waals surface area contributed by atoms with Gasteiger partial charge in [-0.3, -0.25) is 0 Å². The Kier molecular flexibility index (Phi) is 11.3. The molecule has 0 bridgehead atoms. The van der Waals surface area contributed by atoms with Crippen LogP contribution in [0.5, 0.6) is 23.0 Å². The van der Waals surface area contributed by atoms with Gasteiger partial charge in [-0.1, -0.05) is 12.1 Å². The Hall–Kier alpha value is 1.54. The molecule has 5 rings (SSSR count). The summed E-state index contributed by atoms with van der Waals surface area (Å²) in [7, 11) is 0. The lowest BCUT2D eigenvalue weighted by Crippen LogP contribution is -2.42. The normalized spacial score (nSPS) is 16.0. The maximum atomic E-state index is 11.1. The summed E-state index contributed by atoms with van der Waals surface area (Å²) in [6.07, 6.45) is 2.99. The molecule has 4 nitrogen and oxygen atoms in total. The van der Waals surface area contributed by atoms with Gasteiger partial charge in [0.05, 0.1) is 25.0 Å². The van der Waals surface area contributed by atoms with Gasteiger partial charge in [-0.25, -0.2) is 0 Å². The van der Waals surface area contributed by atoms with Crippen molar-refractivity contribution in [3.8, 4) is 23.0 Å². The van der Waals surface area contributed by atoms with Gasteiger partial charge >= 0.3 is 0 Å². The summed E-state index contributed by atoms with van der Waals surface area (Å²) in [6, 6.07) is 16.4. The van der Waals surface area contributed by atoms with Crippen molar-refractivity contribution in [2.75, 3.05) is 0 Å². The van der Waals surface area contributed by atoms with Gasteiger partial charge in [0.25, 0.3) is 0 Å². The Morgan fingerprint density at radius 2 is 0.857 bits per heavy atom. The van der Waals surface area contributed by atoms with Crippen LogP contribution in [-0.4, -0.2) is 20.4 Å². The second kappa shape index (κ2) is 13.6. The predicted octanol–water partition coefficient (Wildman–Crippen LogP) is 10.9. The Bertz CT molecular complexity index is 1570. The number of thiol groups is 1. The van der Waals surface area contributed by atoms with Crippen molar-refractivity contribution in [3.63, 3.8) is 0 Å². The van der Waals surface area contributed by atoms with Crippen LogP contribution in [0.2, 0.25) is 0 Å². The smallest absolute Gasteiger partial charge is 0.142 e. The minimum Gasteiger partial charge on any atom is -0.506 e. The van der Waals surface area contributed by atoms with Gasteiger partial charge in [0.15, 0.2) is 0 Å². The van der Waals surface area contributed by atoms with Crippen LogP contribution in [0.3, 0.4) is 0 Å². The van der Waals surface area contributed by atoms with E-state index >= 15 is 0 Å². The van der Waals surface area contributed by atoms with E-state index in [1.165, 1.54) is 0 Å². The third-order valence-corrected chi connectivity index (χ3v) is 15.0. The summed E-state index contributed by atoms with van der Waals surface area (Å²) in [5, 5.41) is 43.3. The van der Waals surface area contributed by atoms with Crippen LogP contribution < -0.4 is 0 Å². The molecule has 0 radical (unpaired) electrons. The van der Waals surface area contributed by atoms with Crippen molar-refractivity contribution in [2.24, 2.45) is 0 Å². The van der Waals surface area contributed by atoms with E-state index in [1.54, 1.807) is 0 Å². The molecular formula is C30H21I7O4S. The zero-order chi connectivity index (χ0) is 30.7. The summed E-state index contributed by atoms with van der Waals surface area (Å²) in [4.78, 5) is 0.533. The molecule has 4 aromatic carbocycles. The van der Waals surface area contributed by atoms with Crippen molar-refractivity contribution in [2.45, 2.75) is 41.4 Å². The SMILES string of the molecule is Oc1c(S)cc(C2(c3cc(I)c(O)c(I)c3)CCC(c3ccc(I)c(O)c3I)(c3ccc(I)c(O)c3I)CC2)cc1I. The van der Waals surface area contributed by atoms with Gasteiger partial charge < -0.3 is 20.4 Å². The summed E-state index contributed by atoms with van der Waals surface area (Å²) in [5.74, 6) is 1.02.